The van der Waals surface area contributed by atoms with E-state index in [0.717, 1.165) is 25.7 Å². The van der Waals surface area contributed by atoms with Crippen molar-refractivity contribution >= 4 is 22.6 Å². The fourth-order valence-electron chi connectivity index (χ4n) is 2.87. The van der Waals surface area contributed by atoms with Gasteiger partial charge >= 0.3 is 6.18 Å². The van der Waals surface area contributed by atoms with Gasteiger partial charge in [0, 0.05) is 0 Å². The highest BCUT2D eigenvalue weighted by molar-refractivity contribution is 8.14. The van der Waals surface area contributed by atoms with Gasteiger partial charge in [-0.15, -0.1) is 0 Å². The van der Waals surface area contributed by atoms with Crippen molar-refractivity contribution in [2.75, 3.05) is 0 Å². The van der Waals surface area contributed by atoms with Gasteiger partial charge in [-0.05, 0) is 19.8 Å². The normalized spacial score (nSPS) is 23.8. The van der Waals surface area contributed by atoms with Gasteiger partial charge < -0.3 is 0 Å². The van der Waals surface area contributed by atoms with Gasteiger partial charge in [0.25, 0.3) is 5.56 Å². The lowest BCUT2D eigenvalue weighted by molar-refractivity contribution is -0.129. The number of thioether (sulfide) groups is 1. The molecule has 2 aliphatic rings. The standard InChI is InChI=1S/C12H14F3N3OS/c1-6-16-10-8(9(20-6)12(13,14)15)11(19)17-18(10)7-4-2-3-5-7/h7,9H,2-5H2,1H3,(H,17,19). The number of rotatable bonds is 1. The van der Waals surface area contributed by atoms with E-state index in [1.807, 2.05) is 0 Å². The molecule has 1 aliphatic carbocycles. The molecule has 1 aliphatic heterocycles. The van der Waals surface area contributed by atoms with Gasteiger partial charge in [0.15, 0.2) is 5.82 Å². The molecular formula is C12H14F3N3OS. The smallest absolute Gasteiger partial charge is 0.268 e. The molecule has 1 N–H and O–H groups in total. The largest absolute Gasteiger partial charge is 0.405 e. The third-order valence-electron chi connectivity index (χ3n) is 3.74. The molecular weight excluding hydrogens is 291 g/mol. The summed E-state index contributed by atoms with van der Waals surface area (Å²) in [6.07, 6.45) is -0.657. The molecule has 8 heteroatoms. The maximum Gasteiger partial charge on any atom is 0.405 e. The van der Waals surface area contributed by atoms with Crippen LogP contribution in [-0.4, -0.2) is 21.0 Å². The van der Waals surface area contributed by atoms with Crippen molar-refractivity contribution in [3.05, 3.63) is 15.9 Å². The van der Waals surface area contributed by atoms with Gasteiger partial charge in [-0.2, -0.15) is 13.2 Å². The zero-order valence-electron chi connectivity index (χ0n) is 10.8. The quantitative estimate of drug-likeness (QED) is 0.860. The fourth-order valence-corrected chi connectivity index (χ4v) is 3.81. The predicted octanol–water partition coefficient (Wildman–Crippen LogP) is 3.69. The number of alkyl halides is 3. The Hall–Kier alpha value is -1.18. The molecule has 0 aromatic carbocycles. The lowest BCUT2D eigenvalue weighted by atomic mass is 10.2. The predicted molar refractivity (Wildman–Crippen MR) is 71.7 cm³/mol. The minimum absolute atomic E-state index is 0.0555. The van der Waals surface area contributed by atoms with Crippen LogP contribution in [0.3, 0.4) is 0 Å². The molecule has 1 saturated carbocycles. The van der Waals surface area contributed by atoms with Crippen LogP contribution in [0.2, 0.25) is 0 Å². The molecule has 1 aromatic heterocycles. The van der Waals surface area contributed by atoms with Crippen molar-refractivity contribution in [3.63, 3.8) is 0 Å². The Kier molecular flexibility index (Phi) is 3.23. The summed E-state index contributed by atoms with van der Waals surface area (Å²) >= 11 is 0.598. The van der Waals surface area contributed by atoms with Crippen LogP contribution in [0.15, 0.2) is 9.79 Å². The number of nitrogens with one attached hydrogen (secondary N) is 1. The number of hydrogen-bond donors (Lipinski definition) is 1. The summed E-state index contributed by atoms with van der Waals surface area (Å²) in [6.45, 7) is 1.54. The second-order valence-electron chi connectivity index (χ2n) is 5.16. The second-order valence-corrected chi connectivity index (χ2v) is 6.45. The Morgan fingerprint density at radius 2 is 2.00 bits per heavy atom. The minimum Gasteiger partial charge on any atom is -0.268 e. The molecule has 20 heavy (non-hydrogen) atoms. The van der Waals surface area contributed by atoms with E-state index in [2.05, 4.69) is 10.1 Å². The average Bonchev–Trinajstić information content (AvgIpc) is 2.95. The summed E-state index contributed by atoms with van der Waals surface area (Å²) in [4.78, 5) is 16.1. The van der Waals surface area contributed by atoms with Crippen molar-refractivity contribution in [1.82, 2.24) is 9.78 Å². The third-order valence-corrected chi connectivity index (χ3v) is 4.91. The minimum atomic E-state index is -4.45. The van der Waals surface area contributed by atoms with Crippen molar-refractivity contribution in [2.24, 2.45) is 4.99 Å². The molecule has 0 radical (unpaired) electrons. The van der Waals surface area contributed by atoms with Crippen molar-refractivity contribution in [2.45, 2.75) is 50.1 Å². The monoisotopic (exact) mass is 305 g/mol. The van der Waals surface area contributed by atoms with Crippen molar-refractivity contribution < 1.29 is 13.2 Å². The van der Waals surface area contributed by atoms with Crippen LogP contribution in [-0.2, 0) is 0 Å². The van der Waals surface area contributed by atoms with Gasteiger partial charge in [-0.3, -0.25) is 14.6 Å². The van der Waals surface area contributed by atoms with Crippen LogP contribution in [0.25, 0.3) is 0 Å². The molecule has 4 nitrogen and oxygen atoms in total. The van der Waals surface area contributed by atoms with Crippen LogP contribution in [0.5, 0.6) is 0 Å². The summed E-state index contributed by atoms with van der Waals surface area (Å²) in [5.74, 6) is 0.167. The second kappa shape index (κ2) is 4.68. The van der Waals surface area contributed by atoms with Crippen LogP contribution in [0.4, 0.5) is 19.0 Å². The average molecular weight is 305 g/mol. The Morgan fingerprint density at radius 3 is 2.60 bits per heavy atom. The topological polar surface area (TPSA) is 50.1 Å². The van der Waals surface area contributed by atoms with Crippen molar-refractivity contribution in [1.29, 1.82) is 0 Å². The number of hydrogen-bond acceptors (Lipinski definition) is 3. The molecule has 110 valence electrons. The number of nitrogens with zero attached hydrogens (tertiary/aromatic N) is 2. The number of aromatic nitrogens is 2. The highest BCUT2D eigenvalue weighted by atomic mass is 32.2. The van der Waals surface area contributed by atoms with E-state index in [1.165, 1.54) is 0 Å². The van der Waals surface area contributed by atoms with Gasteiger partial charge in [0.2, 0.25) is 0 Å². The maximum atomic E-state index is 13.1. The third kappa shape index (κ3) is 2.19. The zero-order chi connectivity index (χ0) is 14.5. The molecule has 0 amide bonds. The Labute approximate surface area is 117 Å². The fraction of sp³-hybridized carbons (Fsp3) is 0.667. The van der Waals surface area contributed by atoms with E-state index in [-0.39, 0.29) is 17.4 Å². The lowest BCUT2D eigenvalue weighted by Crippen LogP contribution is -2.25. The van der Waals surface area contributed by atoms with Gasteiger partial charge in [-0.1, -0.05) is 24.6 Å². The van der Waals surface area contributed by atoms with Crippen molar-refractivity contribution in [3.8, 4) is 0 Å². The van der Waals surface area contributed by atoms with Crippen LogP contribution in [0, 0.1) is 0 Å². The lowest BCUT2D eigenvalue weighted by Gasteiger charge is -2.23. The first-order chi connectivity index (χ1) is 9.38. The Morgan fingerprint density at radius 1 is 1.35 bits per heavy atom. The number of H-pyrrole nitrogens is 1. The molecule has 0 saturated heterocycles. The van der Waals surface area contributed by atoms with Crippen LogP contribution >= 0.6 is 11.8 Å². The summed E-state index contributed by atoms with van der Waals surface area (Å²) in [7, 11) is 0. The zero-order valence-corrected chi connectivity index (χ0v) is 11.6. The first kappa shape index (κ1) is 13.8. The molecule has 1 aromatic rings. The molecule has 0 spiro atoms. The van der Waals surface area contributed by atoms with Crippen LogP contribution < -0.4 is 5.56 Å². The summed E-state index contributed by atoms with van der Waals surface area (Å²) in [5.41, 5.74) is -0.919. The summed E-state index contributed by atoms with van der Waals surface area (Å²) in [6, 6.07) is 0.0555. The Balaban J connectivity index is 2.14. The summed E-state index contributed by atoms with van der Waals surface area (Å²) in [5, 5.41) is 1.08. The van der Waals surface area contributed by atoms with E-state index < -0.39 is 17.0 Å². The van der Waals surface area contributed by atoms with E-state index in [0.29, 0.717) is 16.8 Å². The molecule has 1 fully saturated rings. The number of aromatic amines is 1. The van der Waals surface area contributed by atoms with E-state index in [1.54, 1.807) is 11.6 Å². The first-order valence-corrected chi connectivity index (χ1v) is 7.39. The van der Waals surface area contributed by atoms with Gasteiger partial charge in [0.1, 0.15) is 5.25 Å². The van der Waals surface area contributed by atoms with Gasteiger partial charge in [0.05, 0.1) is 16.6 Å². The van der Waals surface area contributed by atoms with E-state index in [4.69, 9.17) is 0 Å². The number of aliphatic imine (C=N–C) groups is 1. The maximum absolute atomic E-state index is 13.1. The molecule has 2 heterocycles. The SMILES string of the molecule is CC1=Nc2c(c(=O)[nH]n2C2CCCC2)C(C(F)(F)F)S1. The molecule has 1 atom stereocenters. The molecule has 3 rings (SSSR count). The summed E-state index contributed by atoms with van der Waals surface area (Å²) < 4.78 is 40.9. The van der Waals surface area contributed by atoms with E-state index >= 15 is 0 Å². The molecule has 1 unspecified atom stereocenters. The van der Waals surface area contributed by atoms with E-state index in [9.17, 15) is 18.0 Å². The number of halogens is 3. The Bertz CT molecular complexity index is 610. The van der Waals surface area contributed by atoms with Gasteiger partial charge in [-0.25, -0.2) is 4.99 Å². The highest BCUT2D eigenvalue weighted by Gasteiger charge is 2.47. The van der Waals surface area contributed by atoms with Crippen LogP contribution in [0.1, 0.15) is 49.5 Å². The number of fused-ring (bicyclic) bond motifs is 1. The first-order valence-electron chi connectivity index (χ1n) is 6.51. The highest BCUT2D eigenvalue weighted by Crippen LogP contribution is 2.49. The molecule has 0 bridgehead atoms.